The quantitative estimate of drug-likeness (QED) is 0.375. The fourth-order valence-electron chi connectivity index (χ4n) is 4.07. The molecule has 0 bridgehead atoms. The van der Waals surface area contributed by atoms with Gasteiger partial charge in [0.1, 0.15) is 22.7 Å². The molecule has 0 spiro atoms. The third-order valence-electron chi connectivity index (χ3n) is 5.64. The number of benzene rings is 2. The van der Waals surface area contributed by atoms with Gasteiger partial charge in [-0.25, -0.2) is 9.78 Å². The lowest BCUT2D eigenvalue weighted by atomic mass is 9.89. The fourth-order valence-corrected chi connectivity index (χ4v) is 4.07. The van der Waals surface area contributed by atoms with Crippen LogP contribution in [-0.2, 0) is 0 Å². The van der Waals surface area contributed by atoms with Crippen LogP contribution in [0.4, 0.5) is 5.69 Å². The Morgan fingerprint density at radius 2 is 1.97 bits per heavy atom. The summed E-state index contributed by atoms with van der Waals surface area (Å²) in [5.41, 5.74) is 2.28. The van der Waals surface area contributed by atoms with E-state index in [9.17, 15) is 9.90 Å². The molecule has 2 heterocycles. The molecule has 2 N–H and O–H groups in total. The van der Waals surface area contributed by atoms with Crippen molar-refractivity contribution in [3.05, 3.63) is 64.3 Å². The lowest BCUT2D eigenvalue weighted by Crippen LogP contribution is -2.06. The topological polar surface area (TPSA) is 91.5 Å². The van der Waals surface area contributed by atoms with Gasteiger partial charge in [0.25, 0.3) is 0 Å². The number of aliphatic imine (C=N–C) groups is 1. The summed E-state index contributed by atoms with van der Waals surface area (Å²) in [5.74, 6) is 1.43. The maximum absolute atomic E-state index is 12.2. The molecule has 0 unspecified atom stereocenters. The summed E-state index contributed by atoms with van der Waals surface area (Å²) in [6.45, 7) is 0. The number of fused-ring (bicyclic) bond motifs is 2. The van der Waals surface area contributed by atoms with Crippen LogP contribution in [0.25, 0.3) is 22.0 Å². The summed E-state index contributed by atoms with van der Waals surface area (Å²) in [6, 6.07) is 12.6. The predicted octanol–water partition coefficient (Wildman–Crippen LogP) is 5.17. The molecule has 1 aliphatic carbocycles. The third-order valence-corrected chi connectivity index (χ3v) is 5.64. The number of imidazole rings is 1. The van der Waals surface area contributed by atoms with E-state index in [2.05, 4.69) is 9.98 Å². The second-order valence-corrected chi connectivity index (χ2v) is 7.56. The first-order chi connectivity index (χ1) is 14.2. The molecule has 4 aromatic rings. The molecule has 146 valence electrons. The minimum Gasteiger partial charge on any atom is -0.506 e. The molecule has 0 saturated heterocycles. The summed E-state index contributed by atoms with van der Waals surface area (Å²) < 4.78 is 5.28. The van der Waals surface area contributed by atoms with Crippen molar-refractivity contribution in [3.63, 3.8) is 0 Å². The molecule has 1 fully saturated rings. The van der Waals surface area contributed by atoms with Gasteiger partial charge in [0.15, 0.2) is 0 Å². The van der Waals surface area contributed by atoms with Crippen molar-refractivity contribution in [2.45, 2.75) is 38.0 Å². The van der Waals surface area contributed by atoms with E-state index in [1.54, 1.807) is 24.3 Å². The number of para-hydroxylation sites is 1. The molecule has 5 rings (SSSR count). The van der Waals surface area contributed by atoms with Gasteiger partial charge in [-0.3, -0.25) is 4.99 Å². The van der Waals surface area contributed by atoms with Crippen LogP contribution >= 0.6 is 0 Å². The van der Waals surface area contributed by atoms with Crippen molar-refractivity contribution >= 4 is 33.9 Å². The van der Waals surface area contributed by atoms with E-state index in [-0.39, 0.29) is 11.3 Å². The molecule has 29 heavy (non-hydrogen) atoms. The maximum Gasteiger partial charge on any atom is 0.348 e. The molecule has 0 radical (unpaired) electrons. The number of rotatable bonds is 3. The Morgan fingerprint density at radius 1 is 1.14 bits per heavy atom. The first-order valence-corrected chi connectivity index (χ1v) is 9.97. The Kier molecular flexibility index (Phi) is 4.39. The van der Waals surface area contributed by atoms with Crippen molar-refractivity contribution in [1.82, 2.24) is 9.97 Å². The van der Waals surface area contributed by atoms with Crippen molar-refractivity contribution in [2.75, 3.05) is 0 Å². The number of hydrogen-bond acceptors (Lipinski definition) is 5. The normalized spacial score (nSPS) is 15.6. The zero-order valence-corrected chi connectivity index (χ0v) is 15.9. The monoisotopic (exact) mass is 387 g/mol. The smallest absolute Gasteiger partial charge is 0.348 e. The number of aromatic nitrogens is 2. The fraction of sp³-hybridized carbons (Fsp3) is 0.261. The molecular formula is C23H21N3O3. The van der Waals surface area contributed by atoms with Crippen molar-refractivity contribution < 1.29 is 9.52 Å². The highest BCUT2D eigenvalue weighted by atomic mass is 16.4. The first-order valence-electron chi connectivity index (χ1n) is 9.97. The van der Waals surface area contributed by atoms with E-state index < -0.39 is 5.63 Å². The first kappa shape index (κ1) is 17.7. The summed E-state index contributed by atoms with van der Waals surface area (Å²) >= 11 is 0. The van der Waals surface area contributed by atoms with Crippen molar-refractivity contribution in [2.24, 2.45) is 4.99 Å². The molecular weight excluding hydrogens is 366 g/mol. The van der Waals surface area contributed by atoms with Crippen LogP contribution in [0.5, 0.6) is 5.75 Å². The number of aromatic hydroxyl groups is 1. The number of nitrogens with one attached hydrogen (secondary N) is 1. The predicted molar refractivity (Wildman–Crippen MR) is 113 cm³/mol. The average molecular weight is 387 g/mol. The van der Waals surface area contributed by atoms with Gasteiger partial charge in [-0.2, -0.15) is 0 Å². The zero-order valence-electron chi connectivity index (χ0n) is 15.9. The third kappa shape index (κ3) is 3.31. The highest BCUT2D eigenvalue weighted by Crippen LogP contribution is 2.32. The van der Waals surface area contributed by atoms with E-state index in [1.807, 2.05) is 18.2 Å². The minimum atomic E-state index is -0.618. The number of hydrogen-bond donors (Lipinski definition) is 2. The van der Waals surface area contributed by atoms with Crippen LogP contribution in [0.15, 0.2) is 56.7 Å². The van der Waals surface area contributed by atoms with Crippen molar-refractivity contribution in [1.29, 1.82) is 0 Å². The summed E-state index contributed by atoms with van der Waals surface area (Å²) in [7, 11) is 0. The van der Waals surface area contributed by atoms with Crippen LogP contribution < -0.4 is 5.63 Å². The molecule has 2 aromatic carbocycles. The lowest BCUT2D eigenvalue weighted by Gasteiger charge is -2.18. The standard InChI is InChI=1S/C23H21N3O3/c27-21-16-8-4-5-9-20(16)29-23(28)17(21)13-24-15-10-11-18-19(12-15)26-22(25-18)14-6-2-1-3-7-14/h4-5,8-14,27H,1-3,6-7H2,(H,25,26). The molecule has 1 saturated carbocycles. The number of aromatic amines is 1. The second-order valence-electron chi connectivity index (χ2n) is 7.56. The van der Waals surface area contributed by atoms with Gasteiger partial charge in [0, 0.05) is 12.1 Å². The van der Waals surface area contributed by atoms with Crippen LogP contribution in [0.1, 0.15) is 49.4 Å². The largest absolute Gasteiger partial charge is 0.506 e. The summed E-state index contributed by atoms with van der Waals surface area (Å²) in [5, 5.41) is 10.9. The average Bonchev–Trinajstić information content (AvgIpc) is 3.18. The zero-order chi connectivity index (χ0) is 19.8. The van der Waals surface area contributed by atoms with E-state index in [1.165, 1.54) is 38.3 Å². The Balaban J connectivity index is 1.48. The van der Waals surface area contributed by atoms with Crippen LogP contribution in [0.3, 0.4) is 0 Å². The number of nitrogens with zero attached hydrogens (tertiary/aromatic N) is 2. The lowest BCUT2D eigenvalue weighted by molar-refractivity contribution is 0.431. The molecule has 0 amide bonds. The van der Waals surface area contributed by atoms with Gasteiger partial charge in [-0.05, 0) is 43.2 Å². The Labute approximate surface area is 166 Å². The van der Waals surface area contributed by atoms with Crippen LogP contribution in [-0.4, -0.2) is 21.3 Å². The minimum absolute atomic E-state index is 0.0382. The van der Waals surface area contributed by atoms with Crippen molar-refractivity contribution in [3.8, 4) is 5.75 Å². The summed E-state index contributed by atoms with van der Waals surface area (Å²) in [6.07, 6.45) is 7.55. The van der Waals surface area contributed by atoms with Gasteiger partial charge in [-0.15, -0.1) is 0 Å². The van der Waals surface area contributed by atoms with E-state index in [0.29, 0.717) is 22.6 Å². The van der Waals surface area contributed by atoms with Crippen LogP contribution in [0, 0.1) is 0 Å². The van der Waals surface area contributed by atoms with Gasteiger partial charge in [0.05, 0.1) is 22.1 Å². The molecule has 0 atom stereocenters. The molecule has 0 aliphatic heterocycles. The summed E-state index contributed by atoms with van der Waals surface area (Å²) in [4.78, 5) is 24.8. The Bertz CT molecular complexity index is 1280. The number of H-pyrrole nitrogens is 1. The SMILES string of the molecule is O=c1oc2ccccc2c(O)c1C=Nc1ccc2nc(C3CCCCC3)[nH]c2c1. The molecule has 6 nitrogen and oxygen atoms in total. The second kappa shape index (κ2) is 7.20. The van der Waals surface area contributed by atoms with Crippen LogP contribution in [0.2, 0.25) is 0 Å². The maximum atomic E-state index is 12.2. The molecule has 2 aromatic heterocycles. The van der Waals surface area contributed by atoms with Gasteiger partial charge < -0.3 is 14.5 Å². The Hall–Kier alpha value is -3.41. The molecule has 1 aliphatic rings. The molecule has 6 heteroatoms. The highest BCUT2D eigenvalue weighted by Gasteiger charge is 2.19. The van der Waals surface area contributed by atoms with Gasteiger partial charge in [-0.1, -0.05) is 31.4 Å². The Morgan fingerprint density at radius 3 is 2.83 bits per heavy atom. The van der Waals surface area contributed by atoms with Gasteiger partial charge >= 0.3 is 5.63 Å². The van der Waals surface area contributed by atoms with E-state index in [0.717, 1.165) is 16.9 Å². The van der Waals surface area contributed by atoms with E-state index in [4.69, 9.17) is 9.40 Å². The highest BCUT2D eigenvalue weighted by molar-refractivity contribution is 5.94. The van der Waals surface area contributed by atoms with Gasteiger partial charge in [0.2, 0.25) is 0 Å². The van der Waals surface area contributed by atoms with E-state index >= 15 is 0 Å².